The van der Waals surface area contributed by atoms with Crippen molar-refractivity contribution in [3.8, 4) is 11.8 Å². The number of aliphatic hydroxyl groups is 1. The Hall–Kier alpha value is -6.92. The molecule has 8 aliphatic rings. The van der Waals surface area contributed by atoms with E-state index in [2.05, 4.69) is 49.3 Å². The van der Waals surface area contributed by atoms with Crippen LogP contribution in [-0.4, -0.2) is 140 Å². The van der Waals surface area contributed by atoms with Gasteiger partial charge in [0.25, 0.3) is 0 Å². The first-order valence-corrected chi connectivity index (χ1v) is 36.4. The molecule has 1 heterocycles. The number of Topliss-reactive ketones (excluding diaryl/α,β-unsaturated/α-hetero) is 1. The number of nitrogens with one attached hydrogen (secondary N) is 2. The zero-order chi connectivity index (χ0) is 72.5. The molecule has 0 spiro atoms. The molecule has 100 heavy (non-hydrogen) atoms. The van der Waals surface area contributed by atoms with E-state index >= 15 is 9.59 Å². The number of rotatable bonds is 23. The van der Waals surface area contributed by atoms with Crippen LogP contribution in [0.4, 0.5) is 4.79 Å². The van der Waals surface area contributed by atoms with E-state index in [1.807, 2.05) is 6.92 Å². The quantitative estimate of drug-likeness (QED) is 0.0307. The molecule has 7 aliphatic carbocycles. The number of hydrogen-bond donors (Lipinski definition) is 3. The number of unbranched alkanes of at least 4 members (excludes halogenated alkanes) is 1. The van der Waals surface area contributed by atoms with Crippen LogP contribution in [0.5, 0.6) is 0 Å². The highest BCUT2D eigenvalue weighted by Crippen LogP contribution is 2.68. The van der Waals surface area contributed by atoms with E-state index in [4.69, 9.17) is 42.6 Å². The summed E-state index contributed by atoms with van der Waals surface area (Å²) in [7, 11) is 2.75. The summed E-state index contributed by atoms with van der Waals surface area (Å²) in [6, 6.07) is 14.7. The summed E-state index contributed by atoms with van der Waals surface area (Å²) < 4.78 is 55.7. The fourth-order valence-electron chi connectivity index (χ4n) is 19.6. The van der Waals surface area contributed by atoms with Gasteiger partial charge in [0.15, 0.2) is 11.4 Å². The summed E-state index contributed by atoms with van der Waals surface area (Å²) in [6.45, 7) is 21.3. The lowest BCUT2D eigenvalue weighted by molar-refractivity contribution is -0.347. The summed E-state index contributed by atoms with van der Waals surface area (Å²) in [6.07, 6.45) is 5.39. The number of hydrogen-bond acceptors (Lipinski definition) is 18. The molecule has 5 saturated carbocycles. The van der Waals surface area contributed by atoms with Crippen molar-refractivity contribution < 1.29 is 86.1 Å². The number of allylic oxidation sites excluding steroid dienone is 1. The maximum atomic E-state index is 16.0. The average molecular weight is 1390 g/mol. The lowest BCUT2D eigenvalue weighted by Crippen LogP contribution is -2.82. The van der Waals surface area contributed by atoms with E-state index in [9.17, 15) is 33.9 Å². The molecule has 10 rings (SSSR count). The maximum Gasteiger partial charge on any atom is 0.408 e. The Morgan fingerprint density at radius 1 is 0.840 bits per heavy atom. The molecule has 3 N–H and O–H groups in total. The standard InChI is InChI=1S/C80H108N2O18/c1-15-16-25-47(2)26-23-24-31-52-33-35-56-55-34-32-53-42-54(38-40-77(53,11)57(55)39-41-76(52,56)10)95-63(86)45-81-61(84)36-37-62(85)97-67(65(50-27-19-17-20-28-50)82-73(90)100-74(5,6)7)72(89)96-58-44-80(91)70(98-71(88)51-29-21-18-22-30-51)68-78(12,69(87)66(93-14)64(48(58)3)75(80,8)9)59(92-13)43-60-79(68,46-94-60)99-49(4)83/h17-22,27-30,32,47,52,54-60,65-68,70,91H,23-26,31,33-46H2,1-14H3,(H,81,84)(H,82,90)/t47?,52-,54-,55-,56-,57-,58-,59-,60+,65-,66+,67+,68-,70-,76+,77-,78+,79-,80+/m0/s1. The van der Waals surface area contributed by atoms with Crippen LogP contribution in [0.3, 0.4) is 0 Å². The highest BCUT2D eigenvalue weighted by atomic mass is 16.6. The van der Waals surface area contributed by atoms with Crippen molar-refractivity contribution in [3.05, 3.63) is 94.6 Å². The number of amides is 2. The molecule has 2 amide bonds. The third-order valence-corrected chi connectivity index (χ3v) is 24.9. The first kappa shape index (κ1) is 75.7. The van der Waals surface area contributed by atoms with Gasteiger partial charge in [0, 0.05) is 58.7 Å². The Morgan fingerprint density at radius 3 is 2.20 bits per heavy atom. The van der Waals surface area contributed by atoms with Gasteiger partial charge >= 0.3 is 35.9 Å². The molecule has 0 radical (unpaired) electrons. The second-order valence-electron chi connectivity index (χ2n) is 32.2. The third-order valence-electron chi connectivity index (χ3n) is 24.9. The molecule has 19 atom stereocenters. The molecule has 546 valence electrons. The van der Waals surface area contributed by atoms with Crippen LogP contribution in [0.1, 0.15) is 214 Å². The number of fused-ring (bicyclic) bond motifs is 10. The van der Waals surface area contributed by atoms with Gasteiger partial charge in [-0.05, 0) is 169 Å². The Labute approximate surface area is 590 Å². The minimum Gasteiger partial charge on any atom is -0.461 e. The maximum absolute atomic E-state index is 16.0. The molecule has 2 aromatic rings. The molecule has 1 saturated heterocycles. The smallest absolute Gasteiger partial charge is 0.408 e. The van der Waals surface area contributed by atoms with E-state index < -0.39 is 150 Å². The molecular weight excluding hydrogens is 1280 g/mol. The molecule has 20 heteroatoms. The number of methoxy groups -OCH3 is 2. The predicted octanol–water partition coefficient (Wildman–Crippen LogP) is 12.1. The van der Waals surface area contributed by atoms with Crippen LogP contribution >= 0.6 is 0 Å². The molecule has 2 aromatic carbocycles. The molecule has 6 fully saturated rings. The van der Waals surface area contributed by atoms with Crippen molar-refractivity contribution in [2.24, 2.45) is 57.2 Å². The van der Waals surface area contributed by atoms with Crippen molar-refractivity contribution >= 4 is 47.6 Å². The lowest BCUT2D eigenvalue weighted by atomic mass is 9.44. The molecule has 2 bridgehead atoms. The van der Waals surface area contributed by atoms with Crippen molar-refractivity contribution in [3.63, 3.8) is 0 Å². The lowest BCUT2D eigenvalue weighted by Gasteiger charge is -2.67. The van der Waals surface area contributed by atoms with Crippen molar-refractivity contribution in [1.29, 1.82) is 0 Å². The minimum absolute atomic E-state index is 0.0412. The zero-order valence-corrected chi connectivity index (χ0v) is 61.3. The number of carbonyl (C=O) groups is 8. The van der Waals surface area contributed by atoms with Gasteiger partial charge in [0.2, 0.25) is 12.0 Å². The number of alkyl carbamates (subject to hydrolysis) is 1. The number of esters is 5. The van der Waals surface area contributed by atoms with Gasteiger partial charge < -0.3 is 58.4 Å². The van der Waals surface area contributed by atoms with Gasteiger partial charge in [-0.3, -0.25) is 24.0 Å². The molecule has 1 aliphatic heterocycles. The van der Waals surface area contributed by atoms with Gasteiger partial charge in [0.05, 0.1) is 36.0 Å². The van der Waals surface area contributed by atoms with Crippen LogP contribution < -0.4 is 10.6 Å². The number of benzene rings is 2. The SMILES string of the molecule is CC#CCC(C)CCCC[C@H]1CC[C@H]2[C@@H]3CC=C4C[C@@H](OC(=O)CNC(=O)CCC(=O)O[C@@H](C(=O)O[C@H]5C[C@@]6(O)[C@@H](OC(=O)c7ccccc7)[C@@H]7[C@]8(OC(C)=O)CO[C@@H]8C[C@H](OC)[C@@]7(C)C(=O)[C@H](OC)C(=C5C)C6(C)C)[C@@H](NC(=O)OC(C)(C)C)c5ccccc5)CC[C@]4(C)[C@H]3CC[C@]12C. The van der Waals surface area contributed by atoms with Gasteiger partial charge in [-0.25, -0.2) is 14.4 Å². The van der Waals surface area contributed by atoms with Crippen molar-refractivity contribution in [2.75, 3.05) is 27.4 Å². The Morgan fingerprint density at radius 2 is 1.55 bits per heavy atom. The normalized spacial score (nSPS) is 34.0. The van der Waals surface area contributed by atoms with E-state index in [0.29, 0.717) is 36.0 Å². The highest BCUT2D eigenvalue weighted by molar-refractivity contribution is 5.94. The van der Waals surface area contributed by atoms with E-state index in [1.54, 1.807) is 97.0 Å². The van der Waals surface area contributed by atoms with Crippen LogP contribution in [0.15, 0.2) is 83.5 Å². The van der Waals surface area contributed by atoms with Crippen molar-refractivity contribution in [2.45, 2.75) is 258 Å². The Kier molecular flexibility index (Phi) is 22.9. The second kappa shape index (κ2) is 30.2. The second-order valence-corrected chi connectivity index (χ2v) is 32.2. The first-order chi connectivity index (χ1) is 47.3. The number of carbonyl (C=O) groups excluding carboxylic acids is 8. The van der Waals surface area contributed by atoms with Crippen LogP contribution in [0.2, 0.25) is 0 Å². The van der Waals surface area contributed by atoms with Crippen molar-refractivity contribution in [1.82, 2.24) is 10.6 Å². The van der Waals surface area contributed by atoms with E-state index in [-0.39, 0.29) is 46.8 Å². The van der Waals surface area contributed by atoms with E-state index in [0.717, 1.165) is 31.1 Å². The molecular formula is C80H108N2O18. The molecule has 0 aromatic heterocycles. The monoisotopic (exact) mass is 1380 g/mol. The minimum atomic E-state index is -2.36. The Balaban J connectivity index is 0.854. The summed E-state index contributed by atoms with van der Waals surface area (Å²) >= 11 is 0. The van der Waals surface area contributed by atoms with E-state index in [1.165, 1.54) is 90.2 Å². The zero-order valence-electron chi connectivity index (χ0n) is 61.3. The largest absolute Gasteiger partial charge is 0.461 e. The average Bonchev–Trinajstić information content (AvgIpc) is 0.709. The molecule has 1 unspecified atom stereocenters. The van der Waals surface area contributed by atoms with Gasteiger partial charge in [-0.2, -0.15) is 0 Å². The van der Waals surface area contributed by atoms with Gasteiger partial charge in [-0.1, -0.05) is 108 Å². The van der Waals surface area contributed by atoms with Gasteiger partial charge in [-0.15, -0.1) is 11.8 Å². The highest BCUT2D eigenvalue weighted by Gasteiger charge is 2.78. The number of ether oxygens (including phenoxy) is 9. The molecule has 20 nitrogen and oxygen atoms in total. The topological polar surface area (TPSA) is 264 Å². The first-order valence-electron chi connectivity index (χ1n) is 36.4. The van der Waals surface area contributed by atoms with Crippen LogP contribution in [0.25, 0.3) is 0 Å². The van der Waals surface area contributed by atoms with Crippen LogP contribution in [0, 0.1) is 69.0 Å². The predicted molar refractivity (Wildman–Crippen MR) is 370 cm³/mol. The number of ketones is 1. The summed E-state index contributed by atoms with van der Waals surface area (Å²) in [4.78, 5) is 115. The Bertz CT molecular complexity index is 3510. The summed E-state index contributed by atoms with van der Waals surface area (Å²) in [5.41, 5.74) is -5.85. The van der Waals surface area contributed by atoms with Crippen LogP contribution in [-0.2, 0) is 71.4 Å². The summed E-state index contributed by atoms with van der Waals surface area (Å²) in [5, 5.41) is 19.5. The third kappa shape index (κ3) is 14.7. The van der Waals surface area contributed by atoms with Gasteiger partial charge in [0.1, 0.15) is 54.3 Å². The fourth-order valence-corrected chi connectivity index (χ4v) is 19.6. The fraction of sp³-hybridized carbons (Fsp3) is 0.675. The summed E-state index contributed by atoms with van der Waals surface area (Å²) in [5.74, 6) is 2.49.